The largest absolute Gasteiger partial charge is 0.324 e. The summed E-state index contributed by atoms with van der Waals surface area (Å²) in [5, 5.41) is 5.98. The standard InChI is InChI=1S/CH5N3Si2/c1-4-5-2-3-6-4/h2-3H,1H3. The van der Waals surface area contributed by atoms with Gasteiger partial charge in [-0.3, -0.25) is 10.2 Å². The topological polar surface area (TPSA) is 27.3 Å². The number of nitrogens with zero attached hydrogens (tertiary/aromatic N) is 1. The molecular weight excluding hydrogens is 110 g/mol. The van der Waals surface area contributed by atoms with Gasteiger partial charge in [-0.05, 0) is 7.05 Å². The summed E-state index contributed by atoms with van der Waals surface area (Å²) in [5.74, 6) is 0. The van der Waals surface area contributed by atoms with Crippen molar-refractivity contribution in [3.05, 3.63) is 0 Å². The van der Waals surface area contributed by atoms with E-state index in [1.165, 1.54) is 0 Å². The maximum Gasteiger partial charge on any atom is 0.256 e. The van der Waals surface area contributed by atoms with Crippen molar-refractivity contribution in [2.24, 2.45) is 0 Å². The molecule has 0 aromatic carbocycles. The van der Waals surface area contributed by atoms with Gasteiger partial charge in [0.2, 0.25) is 0 Å². The molecule has 0 spiro atoms. The van der Waals surface area contributed by atoms with E-state index in [4.69, 9.17) is 0 Å². The van der Waals surface area contributed by atoms with Crippen molar-refractivity contribution in [1.82, 2.24) is 14.4 Å². The molecule has 0 atom stereocenters. The molecule has 0 saturated carbocycles. The second-order valence-electron chi connectivity index (χ2n) is 1.03. The minimum Gasteiger partial charge on any atom is -0.324 e. The first-order valence-corrected chi connectivity index (χ1v) is 3.54. The number of rotatable bonds is 0. The lowest BCUT2D eigenvalue weighted by molar-refractivity contribution is 0.862. The molecule has 1 aliphatic rings. The van der Waals surface area contributed by atoms with Gasteiger partial charge in [-0.1, -0.05) is 0 Å². The quantitative estimate of drug-likeness (QED) is 0.361. The molecule has 4 radical (unpaired) electrons. The number of nitrogens with one attached hydrogen (secondary N) is 2. The van der Waals surface area contributed by atoms with Crippen molar-refractivity contribution in [2.45, 2.75) is 0 Å². The molecule has 0 amide bonds. The Morgan fingerprint density at radius 3 is 2.00 bits per heavy atom. The lowest BCUT2D eigenvalue weighted by atomic mass is 11.6. The molecule has 0 aromatic heterocycles. The van der Waals surface area contributed by atoms with Crippen LogP contribution in [0.2, 0.25) is 0 Å². The van der Waals surface area contributed by atoms with Crippen molar-refractivity contribution in [2.75, 3.05) is 7.05 Å². The first kappa shape index (κ1) is 4.47. The van der Waals surface area contributed by atoms with E-state index >= 15 is 0 Å². The van der Waals surface area contributed by atoms with Crippen LogP contribution in [0, 0.1) is 0 Å². The van der Waals surface area contributed by atoms with Crippen LogP contribution >= 0.6 is 0 Å². The lowest BCUT2D eigenvalue weighted by Crippen LogP contribution is -2.25. The van der Waals surface area contributed by atoms with Crippen LogP contribution in [-0.4, -0.2) is 31.0 Å². The third-order valence-electron chi connectivity index (χ3n) is 0.510. The normalized spacial score (nSPS) is 25.5. The molecule has 1 fully saturated rings. The molecule has 0 aliphatic carbocycles. The Morgan fingerprint density at radius 1 is 1.33 bits per heavy atom. The summed E-state index contributed by atoms with van der Waals surface area (Å²) in [6.07, 6.45) is 0. The summed E-state index contributed by atoms with van der Waals surface area (Å²) in [6, 6.07) is 0. The highest BCUT2D eigenvalue weighted by molar-refractivity contribution is 6.51. The molecule has 2 N–H and O–H groups in total. The van der Waals surface area contributed by atoms with Crippen LogP contribution in [0.15, 0.2) is 0 Å². The molecule has 32 valence electrons. The zero-order valence-electron chi connectivity index (χ0n) is 3.45. The van der Waals surface area contributed by atoms with Crippen LogP contribution in [0.25, 0.3) is 0 Å². The van der Waals surface area contributed by atoms with E-state index in [9.17, 15) is 0 Å². The number of hydrogen-bond donors (Lipinski definition) is 2. The van der Waals surface area contributed by atoms with Gasteiger partial charge in [0.25, 0.3) is 19.7 Å². The second-order valence-corrected chi connectivity index (χ2v) is 3.77. The molecule has 5 heteroatoms. The fraction of sp³-hybridized carbons (Fsp3) is 1.00. The SMILES string of the molecule is CN1[Si]NN[Si]1. The Balaban J connectivity index is 2.18. The van der Waals surface area contributed by atoms with Crippen LogP contribution in [-0.2, 0) is 0 Å². The van der Waals surface area contributed by atoms with Gasteiger partial charge >= 0.3 is 0 Å². The Hall–Kier alpha value is 0.314. The average molecular weight is 115 g/mol. The highest BCUT2D eigenvalue weighted by atomic mass is 28.3. The molecule has 1 rings (SSSR count). The van der Waals surface area contributed by atoms with Gasteiger partial charge < -0.3 is 4.23 Å². The first-order valence-electron chi connectivity index (χ1n) is 1.64. The molecular formula is CH5N3Si2. The molecule has 0 aromatic rings. The highest BCUT2D eigenvalue weighted by Crippen LogP contribution is 1.69. The summed E-state index contributed by atoms with van der Waals surface area (Å²) in [6.45, 7) is 0. The van der Waals surface area contributed by atoms with Crippen molar-refractivity contribution < 1.29 is 0 Å². The van der Waals surface area contributed by atoms with Crippen molar-refractivity contribution in [3.63, 3.8) is 0 Å². The number of hydrogen-bond acceptors (Lipinski definition) is 3. The third kappa shape index (κ3) is 0.886. The summed E-state index contributed by atoms with van der Waals surface area (Å²) >= 11 is 0. The van der Waals surface area contributed by atoms with Crippen LogP contribution in [0.3, 0.4) is 0 Å². The Morgan fingerprint density at radius 2 is 1.83 bits per heavy atom. The molecule has 1 saturated heterocycles. The lowest BCUT2D eigenvalue weighted by Gasteiger charge is -1.94. The minimum atomic E-state index is 0.767. The predicted octanol–water partition coefficient (Wildman–Crippen LogP) is -1.91. The Labute approximate surface area is 42.0 Å². The summed E-state index contributed by atoms with van der Waals surface area (Å²) in [5.41, 5.74) is 0. The van der Waals surface area contributed by atoms with Gasteiger partial charge in [-0.25, -0.2) is 0 Å². The van der Waals surface area contributed by atoms with E-state index in [0.717, 1.165) is 19.7 Å². The first-order chi connectivity index (χ1) is 2.89. The summed E-state index contributed by atoms with van der Waals surface area (Å²) < 4.78 is 2.19. The maximum absolute atomic E-state index is 2.99. The smallest absolute Gasteiger partial charge is 0.256 e. The van der Waals surface area contributed by atoms with E-state index in [1.54, 1.807) is 0 Å². The molecule has 0 bridgehead atoms. The Bertz CT molecular complexity index is 42.1. The van der Waals surface area contributed by atoms with Crippen molar-refractivity contribution >= 4 is 19.7 Å². The van der Waals surface area contributed by atoms with E-state index in [-0.39, 0.29) is 0 Å². The fourth-order valence-electron chi connectivity index (χ4n) is 0.252. The fourth-order valence-corrected chi connectivity index (χ4v) is 1.59. The van der Waals surface area contributed by atoms with Crippen molar-refractivity contribution in [1.29, 1.82) is 0 Å². The van der Waals surface area contributed by atoms with E-state index < -0.39 is 0 Å². The average Bonchev–Trinajstić information content (AvgIpc) is 1.86. The van der Waals surface area contributed by atoms with Crippen molar-refractivity contribution in [3.8, 4) is 0 Å². The molecule has 3 nitrogen and oxygen atoms in total. The monoisotopic (exact) mass is 115 g/mol. The molecule has 1 heterocycles. The molecule has 6 heavy (non-hydrogen) atoms. The molecule has 0 unspecified atom stereocenters. The summed E-state index contributed by atoms with van der Waals surface area (Å²) in [7, 11) is 3.61. The van der Waals surface area contributed by atoms with Crippen LogP contribution in [0.5, 0.6) is 0 Å². The Kier molecular flexibility index (Phi) is 1.38. The van der Waals surface area contributed by atoms with E-state index in [1.807, 2.05) is 0 Å². The predicted molar refractivity (Wildman–Crippen MR) is 25.5 cm³/mol. The van der Waals surface area contributed by atoms with Crippen LogP contribution in [0.1, 0.15) is 0 Å². The zero-order valence-corrected chi connectivity index (χ0v) is 5.45. The van der Waals surface area contributed by atoms with Crippen LogP contribution in [0.4, 0.5) is 0 Å². The van der Waals surface area contributed by atoms with E-state index in [2.05, 4.69) is 21.5 Å². The second kappa shape index (κ2) is 1.85. The molecule has 1 aliphatic heterocycles. The van der Waals surface area contributed by atoms with Gasteiger partial charge in [0.1, 0.15) is 0 Å². The van der Waals surface area contributed by atoms with Gasteiger partial charge in [0.15, 0.2) is 0 Å². The summed E-state index contributed by atoms with van der Waals surface area (Å²) in [4.78, 5) is 0. The van der Waals surface area contributed by atoms with Gasteiger partial charge in [0.05, 0.1) is 0 Å². The minimum absolute atomic E-state index is 0.767. The van der Waals surface area contributed by atoms with Crippen LogP contribution < -0.4 is 10.2 Å². The van der Waals surface area contributed by atoms with Gasteiger partial charge in [-0.15, -0.1) is 0 Å². The highest BCUT2D eigenvalue weighted by Gasteiger charge is 2.06. The van der Waals surface area contributed by atoms with Gasteiger partial charge in [-0.2, -0.15) is 0 Å². The van der Waals surface area contributed by atoms with Gasteiger partial charge in [0, 0.05) is 0 Å². The zero-order chi connectivity index (χ0) is 4.41. The maximum atomic E-state index is 2.99. The van der Waals surface area contributed by atoms with E-state index in [0.29, 0.717) is 0 Å². The number of hydrazine groups is 1. The third-order valence-corrected chi connectivity index (χ3v) is 2.57.